The second-order valence-electron chi connectivity index (χ2n) is 26.8. The number of aliphatic hydroxyl groups excluding tert-OH is 5. The molecule has 1 fully saturated rings. The minimum atomic E-state index is -1.56. The molecule has 1 saturated heterocycles. The first-order valence-electron chi connectivity index (χ1n) is 38.8. The van der Waals surface area contributed by atoms with E-state index >= 15 is 0 Å². The van der Waals surface area contributed by atoms with Crippen molar-refractivity contribution in [1.82, 2.24) is 5.32 Å². The summed E-state index contributed by atoms with van der Waals surface area (Å²) in [6, 6.07) is -0.724. The summed E-state index contributed by atoms with van der Waals surface area (Å²) in [5.74, 6) is -0.140. The molecule has 1 amide bonds. The number of aliphatic hydroxyl groups is 5. The summed E-state index contributed by atoms with van der Waals surface area (Å²) in [7, 11) is 0. The number of hydrogen-bond acceptors (Lipinski definition) is 8. The van der Waals surface area contributed by atoms with Gasteiger partial charge in [0.2, 0.25) is 5.91 Å². The summed E-state index contributed by atoms with van der Waals surface area (Å²) in [4.78, 5) is 13.2. The van der Waals surface area contributed by atoms with Gasteiger partial charge in [-0.05, 0) is 70.6 Å². The van der Waals surface area contributed by atoms with Crippen molar-refractivity contribution in [1.29, 1.82) is 0 Å². The van der Waals surface area contributed by atoms with E-state index in [2.05, 4.69) is 104 Å². The third-order valence-electron chi connectivity index (χ3n) is 18.3. The van der Waals surface area contributed by atoms with Crippen LogP contribution in [-0.4, -0.2) is 87.5 Å². The number of unbranched alkanes of at least 4 members (excludes halogenated alkanes) is 44. The van der Waals surface area contributed by atoms with Crippen molar-refractivity contribution >= 4 is 5.91 Å². The van der Waals surface area contributed by atoms with Gasteiger partial charge in [0.25, 0.3) is 0 Å². The molecule has 9 heteroatoms. The van der Waals surface area contributed by atoms with Crippen LogP contribution < -0.4 is 5.32 Å². The average molecular weight is 1260 g/mol. The van der Waals surface area contributed by atoms with Crippen molar-refractivity contribution in [2.24, 2.45) is 0 Å². The van der Waals surface area contributed by atoms with Crippen molar-refractivity contribution < 1.29 is 39.8 Å². The zero-order valence-electron chi connectivity index (χ0n) is 58.9. The Morgan fingerprint density at radius 2 is 0.689 bits per heavy atom. The molecule has 0 bridgehead atoms. The fourth-order valence-electron chi connectivity index (χ4n) is 12.3. The molecule has 7 atom stereocenters. The summed E-state index contributed by atoms with van der Waals surface area (Å²) >= 11 is 0. The van der Waals surface area contributed by atoms with Crippen LogP contribution in [0.4, 0.5) is 0 Å². The lowest BCUT2D eigenvalue weighted by Gasteiger charge is -2.40. The van der Waals surface area contributed by atoms with Crippen LogP contribution in [0.25, 0.3) is 0 Å². The van der Waals surface area contributed by atoms with Gasteiger partial charge >= 0.3 is 0 Å². The van der Waals surface area contributed by atoms with Crippen LogP contribution in [0.15, 0.2) is 85.1 Å². The molecule has 1 rings (SSSR count). The molecule has 7 unspecified atom stereocenters. The molecule has 1 heterocycles. The molecule has 9 nitrogen and oxygen atoms in total. The lowest BCUT2D eigenvalue weighted by molar-refractivity contribution is -0.302. The lowest BCUT2D eigenvalue weighted by Crippen LogP contribution is -2.60. The molecule has 0 aromatic carbocycles. The molecule has 524 valence electrons. The number of carbonyl (C=O) groups is 1. The molecular weight excluding hydrogens is 1110 g/mol. The fourth-order valence-corrected chi connectivity index (χ4v) is 12.3. The van der Waals surface area contributed by atoms with Gasteiger partial charge in [-0.2, -0.15) is 0 Å². The van der Waals surface area contributed by atoms with Gasteiger partial charge < -0.3 is 40.3 Å². The van der Waals surface area contributed by atoms with Crippen molar-refractivity contribution in [3.05, 3.63) is 85.1 Å². The number of allylic oxidation sites excluding steroid dienone is 14. The normalized spacial score (nSPS) is 18.2. The molecule has 0 aliphatic carbocycles. The maximum Gasteiger partial charge on any atom is 0.220 e. The van der Waals surface area contributed by atoms with E-state index in [-0.39, 0.29) is 12.5 Å². The van der Waals surface area contributed by atoms with Gasteiger partial charge in [-0.15, -0.1) is 0 Å². The first-order valence-corrected chi connectivity index (χ1v) is 38.8. The first-order chi connectivity index (χ1) is 44.3. The number of nitrogens with one attached hydrogen (secondary N) is 1. The minimum absolute atomic E-state index is 0.137. The third-order valence-corrected chi connectivity index (χ3v) is 18.3. The summed E-state index contributed by atoms with van der Waals surface area (Å²) in [6.07, 6.45) is 92.4. The Bertz CT molecular complexity index is 1700. The largest absolute Gasteiger partial charge is 0.394 e. The topological polar surface area (TPSA) is 149 Å². The first kappa shape index (κ1) is 85.4. The second kappa shape index (κ2) is 69.2. The van der Waals surface area contributed by atoms with E-state index in [1.165, 1.54) is 257 Å². The summed E-state index contributed by atoms with van der Waals surface area (Å²) in [6.45, 7) is 3.77. The van der Waals surface area contributed by atoms with E-state index in [9.17, 15) is 30.3 Å². The van der Waals surface area contributed by atoms with E-state index in [1.807, 2.05) is 0 Å². The summed E-state index contributed by atoms with van der Waals surface area (Å²) in [5, 5.41) is 55.1. The van der Waals surface area contributed by atoms with Gasteiger partial charge in [-0.3, -0.25) is 4.79 Å². The van der Waals surface area contributed by atoms with E-state index < -0.39 is 49.5 Å². The van der Waals surface area contributed by atoms with Gasteiger partial charge in [0.1, 0.15) is 24.4 Å². The van der Waals surface area contributed by atoms with E-state index in [0.29, 0.717) is 12.8 Å². The van der Waals surface area contributed by atoms with Crippen molar-refractivity contribution in [2.75, 3.05) is 13.2 Å². The Morgan fingerprint density at radius 3 is 1.02 bits per heavy atom. The molecule has 6 N–H and O–H groups in total. The molecule has 0 aromatic rings. The molecular formula is C81H147NO8. The number of hydrogen-bond donors (Lipinski definition) is 6. The Kier molecular flexibility index (Phi) is 65.7. The highest BCUT2D eigenvalue weighted by Gasteiger charge is 2.44. The average Bonchev–Trinajstić information content (AvgIpc) is 2.75. The number of amides is 1. The van der Waals surface area contributed by atoms with E-state index in [4.69, 9.17) is 9.47 Å². The smallest absolute Gasteiger partial charge is 0.220 e. The summed E-state index contributed by atoms with van der Waals surface area (Å²) < 4.78 is 11.4. The Labute approximate surface area is 556 Å². The van der Waals surface area contributed by atoms with Gasteiger partial charge in [-0.1, -0.05) is 375 Å². The predicted octanol–water partition coefficient (Wildman–Crippen LogP) is 22.0. The predicted molar refractivity (Wildman–Crippen MR) is 387 cm³/mol. The standard InChI is InChI=1S/C81H147NO8/c1-3-5-7-9-11-13-15-17-19-21-23-25-27-29-31-33-34-35-36-37-38-39-40-41-42-43-45-47-49-51-53-55-57-59-61-63-65-67-69-71-77(85)82-74(73-89-81-80(88)79(87)78(86)76(72-83)90-81)75(84)70-68-66-64-62-60-58-56-54-52-50-48-46-44-32-30-28-26-24-22-20-18-16-14-12-10-8-6-4-2/h5,7,11,13,17,19,23,25,29,31,34-35,37-38,74-76,78-81,83-84,86-88H,3-4,6,8-10,12,14-16,18,20-22,24,26-28,30,32-33,36,39-73H2,1-2H3,(H,82,85)/b7-5-,13-11-,19-17-,25-23-,31-29-,35-34-,38-37-. The Hall–Kier alpha value is -2.63. The fraction of sp³-hybridized carbons (Fsp3) is 0.815. The van der Waals surface area contributed by atoms with Crippen LogP contribution in [0.1, 0.15) is 367 Å². The molecule has 90 heavy (non-hydrogen) atoms. The van der Waals surface area contributed by atoms with Crippen molar-refractivity contribution in [2.45, 2.75) is 410 Å². The van der Waals surface area contributed by atoms with Gasteiger partial charge in [-0.25, -0.2) is 0 Å². The third kappa shape index (κ3) is 56.9. The van der Waals surface area contributed by atoms with Crippen LogP contribution in [0.5, 0.6) is 0 Å². The van der Waals surface area contributed by atoms with Crippen LogP contribution in [0.3, 0.4) is 0 Å². The van der Waals surface area contributed by atoms with Gasteiger partial charge in [0.15, 0.2) is 6.29 Å². The zero-order valence-corrected chi connectivity index (χ0v) is 58.9. The second-order valence-corrected chi connectivity index (χ2v) is 26.8. The molecule has 0 saturated carbocycles. The highest BCUT2D eigenvalue weighted by Crippen LogP contribution is 2.24. The van der Waals surface area contributed by atoms with Crippen LogP contribution in [0.2, 0.25) is 0 Å². The highest BCUT2D eigenvalue weighted by molar-refractivity contribution is 5.76. The maximum atomic E-state index is 13.2. The number of ether oxygens (including phenoxy) is 2. The quantitative estimate of drug-likeness (QED) is 0.0261. The van der Waals surface area contributed by atoms with E-state index in [0.717, 1.165) is 83.5 Å². The van der Waals surface area contributed by atoms with Gasteiger partial charge in [0.05, 0.1) is 25.4 Å². The van der Waals surface area contributed by atoms with Crippen LogP contribution in [-0.2, 0) is 14.3 Å². The molecule has 0 radical (unpaired) electrons. The molecule has 1 aliphatic rings. The number of carbonyl (C=O) groups excluding carboxylic acids is 1. The minimum Gasteiger partial charge on any atom is -0.394 e. The lowest BCUT2D eigenvalue weighted by atomic mass is 9.99. The van der Waals surface area contributed by atoms with Crippen LogP contribution >= 0.6 is 0 Å². The Balaban J connectivity index is 2.07. The molecule has 0 spiro atoms. The number of rotatable bonds is 68. The van der Waals surface area contributed by atoms with Crippen molar-refractivity contribution in [3.63, 3.8) is 0 Å². The van der Waals surface area contributed by atoms with Crippen LogP contribution in [0, 0.1) is 0 Å². The summed E-state index contributed by atoms with van der Waals surface area (Å²) in [5.41, 5.74) is 0. The highest BCUT2D eigenvalue weighted by atomic mass is 16.7. The SMILES string of the molecule is CC/C=C\C/C=C\C/C=C\C/C=C\C/C=C\C/C=C\C/C=C\CCCCCCCCCCCCCCCCCCCC(=O)NC(COC1OC(CO)C(O)C(O)C1O)C(O)CCCCCCCCCCCCCCCCCCCCCCCCCCCCCC. The van der Waals surface area contributed by atoms with E-state index in [1.54, 1.807) is 0 Å². The maximum absolute atomic E-state index is 13.2. The Morgan fingerprint density at radius 1 is 0.389 bits per heavy atom. The van der Waals surface area contributed by atoms with Gasteiger partial charge in [0, 0.05) is 6.42 Å². The molecule has 1 aliphatic heterocycles. The zero-order chi connectivity index (χ0) is 64.9. The monoisotopic (exact) mass is 1260 g/mol. The van der Waals surface area contributed by atoms with Crippen molar-refractivity contribution in [3.8, 4) is 0 Å². The molecule has 0 aromatic heterocycles.